The number of anilines is 1. The third kappa shape index (κ3) is 5.39. The zero-order valence-electron chi connectivity index (χ0n) is 13.1. The van der Waals surface area contributed by atoms with Gasteiger partial charge in [0.25, 0.3) is 5.91 Å². The number of hydrogen-bond acceptors (Lipinski definition) is 2. The molecule has 1 atom stereocenters. The van der Waals surface area contributed by atoms with Crippen LogP contribution in [0, 0.1) is 3.57 Å². The van der Waals surface area contributed by atoms with Gasteiger partial charge in [0.1, 0.15) is 5.75 Å². The van der Waals surface area contributed by atoms with E-state index in [-0.39, 0.29) is 12.5 Å². The van der Waals surface area contributed by atoms with Gasteiger partial charge < -0.3 is 10.1 Å². The third-order valence-electron chi connectivity index (χ3n) is 3.64. The highest BCUT2D eigenvalue weighted by molar-refractivity contribution is 14.1. The molecule has 0 bridgehead atoms. The Labute approximate surface area is 155 Å². The van der Waals surface area contributed by atoms with Crippen LogP contribution in [0.5, 0.6) is 5.75 Å². The molecule has 2 rings (SSSR count). The van der Waals surface area contributed by atoms with Crippen molar-refractivity contribution < 1.29 is 9.53 Å². The Morgan fingerprint density at radius 2 is 1.96 bits per heavy atom. The molecule has 0 saturated carbocycles. The average molecular weight is 444 g/mol. The minimum atomic E-state index is -0.237. The number of rotatable bonds is 6. The van der Waals surface area contributed by atoms with Gasteiger partial charge in [-0.15, -0.1) is 0 Å². The molecule has 0 spiro atoms. The van der Waals surface area contributed by atoms with Crippen molar-refractivity contribution in [3.63, 3.8) is 0 Å². The van der Waals surface area contributed by atoms with Gasteiger partial charge in [-0.1, -0.05) is 37.6 Å². The quantitative estimate of drug-likeness (QED) is 0.601. The lowest BCUT2D eigenvalue weighted by molar-refractivity contribution is -0.118. The van der Waals surface area contributed by atoms with E-state index in [0.29, 0.717) is 22.4 Å². The first-order valence-corrected chi connectivity index (χ1v) is 8.93. The van der Waals surface area contributed by atoms with Gasteiger partial charge in [0.05, 0.1) is 10.7 Å². The Bertz CT molecular complexity index is 673. The molecule has 5 heteroatoms. The minimum Gasteiger partial charge on any atom is -0.484 e. The number of carbonyl (C=O) groups excluding carboxylic acids is 1. The third-order valence-corrected chi connectivity index (χ3v) is 4.62. The van der Waals surface area contributed by atoms with Crippen LogP contribution in [0.1, 0.15) is 31.7 Å². The largest absolute Gasteiger partial charge is 0.484 e. The van der Waals surface area contributed by atoms with E-state index in [9.17, 15) is 4.79 Å². The van der Waals surface area contributed by atoms with Crippen LogP contribution < -0.4 is 10.1 Å². The van der Waals surface area contributed by atoms with Gasteiger partial charge in [0.15, 0.2) is 6.61 Å². The van der Waals surface area contributed by atoms with Gasteiger partial charge in [0, 0.05) is 3.57 Å². The monoisotopic (exact) mass is 443 g/mol. The fourth-order valence-corrected chi connectivity index (χ4v) is 2.96. The van der Waals surface area contributed by atoms with Gasteiger partial charge in [0.2, 0.25) is 0 Å². The first-order chi connectivity index (χ1) is 11.0. The second kappa shape index (κ2) is 8.55. The maximum absolute atomic E-state index is 11.9. The summed E-state index contributed by atoms with van der Waals surface area (Å²) in [6, 6.07) is 13.3. The van der Waals surface area contributed by atoms with Crippen molar-refractivity contribution in [2.45, 2.75) is 26.2 Å². The van der Waals surface area contributed by atoms with Crippen LogP contribution in [0.3, 0.4) is 0 Å². The summed E-state index contributed by atoms with van der Waals surface area (Å²) in [6.45, 7) is 4.30. The zero-order valence-corrected chi connectivity index (χ0v) is 16.0. The van der Waals surface area contributed by atoms with Crippen molar-refractivity contribution in [2.75, 3.05) is 11.9 Å². The Hall–Kier alpha value is -1.27. The highest BCUT2D eigenvalue weighted by Gasteiger charge is 2.08. The highest BCUT2D eigenvalue weighted by atomic mass is 127. The number of halogens is 2. The molecule has 2 aromatic carbocycles. The van der Waals surface area contributed by atoms with Crippen LogP contribution in [-0.4, -0.2) is 12.5 Å². The highest BCUT2D eigenvalue weighted by Crippen LogP contribution is 2.24. The van der Waals surface area contributed by atoms with E-state index in [0.717, 1.165) is 9.99 Å². The Morgan fingerprint density at radius 1 is 1.26 bits per heavy atom. The summed E-state index contributed by atoms with van der Waals surface area (Å²) < 4.78 is 6.53. The van der Waals surface area contributed by atoms with Crippen molar-refractivity contribution in [3.8, 4) is 5.75 Å². The molecule has 0 fully saturated rings. The molecule has 0 heterocycles. The Morgan fingerprint density at radius 3 is 2.57 bits per heavy atom. The lowest BCUT2D eigenvalue weighted by Crippen LogP contribution is -2.20. The zero-order chi connectivity index (χ0) is 16.8. The van der Waals surface area contributed by atoms with E-state index < -0.39 is 0 Å². The maximum atomic E-state index is 11.9. The van der Waals surface area contributed by atoms with Gasteiger partial charge in [-0.25, -0.2) is 0 Å². The van der Waals surface area contributed by atoms with Crippen LogP contribution in [0.15, 0.2) is 42.5 Å². The maximum Gasteiger partial charge on any atom is 0.262 e. The molecule has 1 unspecified atom stereocenters. The van der Waals surface area contributed by atoms with Crippen LogP contribution in [-0.2, 0) is 4.79 Å². The van der Waals surface area contributed by atoms with E-state index >= 15 is 0 Å². The number of hydrogen-bond donors (Lipinski definition) is 1. The first kappa shape index (κ1) is 18.1. The number of nitrogens with one attached hydrogen (secondary N) is 1. The van der Waals surface area contributed by atoms with Gasteiger partial charge in [-0.3, -0.25) is 4.79 Å². The molecular formula is C18H19ClINO2. The standard InChI is InChI=1S/C18H19ClINO2/c1-3-12(2)13-4-7-15(8-5-13)23-11-18(22)21-17-9-6-14(20)10-16(17)19/h4-10,12H,3,11H2,1-2H3,(H,21,22). The molecule has 0 aliphatic heterocycles. The van der Waals surface area contributed by atoms with Gasteiger partial charge >= 0.3 is 0 Å². The predicted molar refractivity (Wildman–Crippen MR) is 103 cm³/mol. The number of ether oxygens (including phenoxy) is 1. The summed E-state index contributed by atoms with van der Waals surface area (Å²) in [5.41, 5.74) is 1.86. The molecule has 2 aromatic rings. The second-order valence-electron chi connectivity index (χ2n) is 5.34. The Balaban J connectivity index is 1.89. The van der Waals surface area contributed by atoms with Gasteiger partial charge in [-0.2, -0.15) is 0 Å². The minimum absolute atomic E-state index is 0.0506. The summed E-state index contributed by atoms with van der Waals surface area (Å²) >= 11 is 8.26. The van der Waals surface area contributed by atoms with Crippen molar-refractivity contribution in [3.05, 3.63) is 56.6 Å². The van der Waals surface area contributed by atoms with E-state index in [2.05, 4.69) is 41.8 Å². The molecule has 1 N–H and O–H groups in total. The van der Waals surface area contributed by atoms with Crippen LogP contribution in [0.25, 0.3) is 0 Å². The summed E-state index contributed by atoms with van der Waals surface area (Å²) in [5, 5.41) is 3.26. The summed E-state index contributed by atoms with van der Waals surface area (Å²) in [7, 11) is 0. The summed E-state index contributed by atoms with van der Waals surface area (Å²) in [4.78, 5) is 11.9. The average Bonchev–Trinajstić information content (AvgIpc) is 2.55. The van der Waals surface area contributed by atoms with Crippen molar-refractivity contribution in [1.82, 2.24) is 0 Å². The molecule has 0 aliphatic carbocycles. The number of amides is 1. The summed E-state index contributed by atoms with van der Waals surface area (Å²) in [6.07, 6.45) is 1.10. The van der Waals surface area contributed by atoms with Crippen molar-refractivity contribution >= 4 is 45.8 Å². The molecule has 0 saturated heterocycles. The lowest BCUT2D eigenvalue weighted by atomic mass is 9.99. The first-order valence-electron chi connectivity index (χ1n) is 7.47. The van der Waals surface area contributed by atoms with E-state index in [1.165, 1.54) is 5.56 Å². The fraction of sp³-hybridized carbons (Fsp3) is 0.278. The Kier molecular flexibility index (Phi) is 6.72. The second-order valence-corrected chi connectivity index (χ2v) is 6.99. The SMILES string of the molecule is CCC(C)c1ccc(OCC(=O)Nc2ccc(I)cc2Cl)cc1. The molecule has 3 nitrogen and oxygen atoms in total. The molecule has 0 radical (unpaired) electrons. The van der Waals surface area contributed by atoms with Crippen LogP contribution >= 0.6 is 34.2 Å². The fourth-order valence-electron chi connectivity index (χ4n) is 2.05. The van der Waals surface area contributed by atoms with Crippen LogP contribution in [0.4, 0.5) is 5.69 Å². The normalized spacial score (nSPS) is 11.8. The molecule has 1 amide bonds. The molecule has 0 aliphatic rings. The molecule has 0 aromatic heterocycles. The van der Waals surface area contributed by atoms with E-state index in [1.807, 2.05) is 30.3 Å². The van der Waals surface area contributed by atoms with E-state index in [4.69, 9.17) is 16.3 Å². The smallest absolute Gasteiger partial charge is 0.262 e. The lowest BCUT2D eigenvalue weighted by Gasteiger charge is -2.11. The van der Waals surface area contributed by atoms with E-state index in [1.54, 1.807) is 12.1 Å². The molecular weight excluding hydrogens is 425 g/mol. The molecule has 23 heavy (non-hydrogen) atoms. The van der Waals surface area contributed by atoms with Crippen molar-refractivity contribution in [1.29, 1.82) is 0 Å². The van der Waals surface area contributed by atoms with Crippen LogP contribution in [0.2, 0.25) is 5.02 Å². The predicted octanol–water partition coefficient (Wildman–Crippen LogP) is 5.48. The number of carbonyl (C=O) groups is 1. The summed E-state index contributed by atoms with van der Waals surface area (Å²) in [5.74, 6) is 0.968. The number of benzene rings is 2. The topological polar surface area (TPSA) is 38.3 Å². The van der Waals surface area contributed by atoms with Crippen molar-refractivity contribution in [2.24, 2.45) is 0 Å². The van der Waals surface area contributed by atoms with Gasteiger partial charge in [-0.05, 0) is 70.8 Å². The molecule has 122 valence electrons.